The van der Waals surface area contributed by atoms with E-state index < -0.39 is 5.97 Å². The number of carbonyl (C=O) groups is 1. The summed E-state index contributed by atoms with van der Waals surface area (Å²) in [7, 11) is 0. The van der Waals surface area contributed by atoms with E-state index >= 15 is 0 Å². The van der Waals surface area contributed by atoms with Gasteiger partial charge in [0.1, 0.15) is 11.8 Å². The van der Waals surface area contributed by atoms with Gasteiger partial charge in [0.05, 0.1) is 6.26 Å². The Kier molecular flexibility index (Phi) is 1.30. The van der Waals surface area contributed by atoms with E-state index in [1.807, 2.05) is 0 Å². The molecular formula is C7H4N2O3. The zero-order valence-electron chi connectivity index (χ0n) is 5.89. The molecule has 0 atom stereocenters. The molecule has 0 spiro atoms. The highest BCUT2D eigenvalue weighted by Crippen LogP contribution is 2.14. The Balaban J connectivity index is 2.82. The molecule has 2 aromatic heterocycles. The fourth-order valence-corrected chi connectivity index (χ4v) is 0.941. The second-order valence-electron chi connectivity index (χ2n) is 2.16. The predicted molar refractivity (Wildman–Crippen MR) is 38.8 cm³/mol. The minimum Gasteiger partial charge on any atom is -0.476 e. The Morgan fingerprint density at radius 3 is 3.08 bits per heavy atom. The number of aromatic nitrogens is 2. The normalized spacial score (nSPS) is 10.3. The molecule has 0 aliphatic rings. The van der Waals surface area contributed by atoms with Crippen LogP contribution >= 0.6 is 0 Å². The largest absolute Gasteiger partial charge is 0.476 e. The molecule has 0 amide bonds. The Labute approximate surface area is 66.7 Å². The number of hydrogen-bond acceptors (Lipinski definition) is 4. The van der Waals surface area contributed by atoms with Crippen molar-refractivity contribution >= 4 is 17.1 Å². The van der Waals surface area contributed by atoms with Gasteiger partial charge in [0.25, 0.3) is 0 Å². The molecule has 60 valence electrons. The van der Waals surface area contributed by atoms with Gasteiger partial charge in [0.2, 0.25) is 0 Å². The molecular weight excluding hydrogens is 160 g/mol. The monoisotopic (exact) mass is 164 g/mol. The number of fused-ring (bicyclic) bond motifs is 1. The highest BCUT2D eigenvalue weighted by molar-refractivity contribution is 5.97. The molecule has 0 aliphatic carbocycles. The van der Waals surface area contributed by atoms with Crippen LogP contribution in [0.15, 0.2) is 23.1 Å². The third-order valence-corrected chi connectivity index (χ3v) is 1.45. The van der Waals surface area contributed by atoms with E-state index in [0.717, 1.165) is 0 Å². The highest BCUT2D eigenvalue weighted by atomic mass is 16.4. The van der Waals surface area contributed by atoms with Crippen molar-refractivity contribution in [1.29, 1.82) is 0 Å². The van der Waals surface area contributed by atoms with Crippen LogP contribution in [-0.2, 0) is 0 Å². The summed E-state index contributed by atoms with van der Waals surface area (Å²) in [4.78, 5) is 18.0. The summed E-state index contributed by atoms with van der Waals surface area (Å²) in [5, 5.41) is 8.65. The molecule has 0 fully saturated rings. The molecule has 0 aromatic carbocycles. The Hall–Kier alpha value is -1.91. The number of carboxylic acid groups (broad SMARTS) is 1. The van der Waals surface area contributed by atoms with Gasteiger partial charge < -0.3 is 9.52 Å². The van der Waals surface area contributed by atoms with Crippen molar-refractivity contribution in [3.8, 4) is 0 Å². The van der Waals surface area contributed by atoms with Gasteiger partial charge in [-0.15, -0.1) is 0 Å². The van der Waals surface area contributed by atoms with Crippen LogP contribution in [0.2, 0.25) is 0 Å². The van der Waals surface area contributed by atoms with Crippen molar-refractivity contribution in [2.45, 2.75) is 0 Å². The van der Waals surface area contributed by atoms with Crippen LogP contribution in [0.3, 0.4) is 0 Å². The second kappa shape index (κ2) is 2.30. The summed E-state index contributed by atoms with van der Waals surface area (Å²) >= 11 is 0. The molecule has 0 aliphatic heterocycles. The van der Waals surface area contributed by atoms with Gasteiger partial charge in [-0.3, -0.25) is 0 Å². The minimum atomic E-state index is -1.11. The Morgan fingerprint density at radius 2 is 2.33 bits per heavy atom. The molecule has 5 nitrogen and oxygen atoms in total. The van der Waals surface area contributed by atoms with Crippen molar-refractivity contribution in [3.05, 3.63) is 24.4 Å². The van der Waals surface area contributed by atoms with Crippen molar-refractivity contribution in [2.24, 2.45) is 0 Å². The first-order chi connectivity index (χ1) is 5.79. The number of furan rings is 1. The lowest BCUT2D eigenvalue weighted by molar-refractivity contribution is 0.0691. The van der Waals surface area contributed by atoms with Gasteiger partial charge in [0, 0.05) is 6.07 Å². The van der Waals surface area contributed by atoms with Gasteiger partial charge in [-0.2, -0.15) is 0 Å². The summed E-state index contributed by atoms with van der Waals surface area (Å²) in [6.45, 7) is 0. The van der Waals surface area contributed by atoms with Gasteiger partial charge in [-0.25, -0.2) is 14.8 Å². The van der Waals surface area contributed by atoms with E-state index in [1.54, 1.807) is 6.07 Å². The van der Waals surface area contributed by atoms with Gasteiger partial charge in [0.15, 0.2) is 11.3 Å². The molecule has 5 heteroatoms. The molecule has 0 radical (unpaired) electrons. The van der Waals surface area contributed by atoms with E-state index in [4.69, 9.17) is 9.52 Å². The Bertz CT molecular complexity index is 435. The summed E-state index contributed by atoms with van der Waals surface area (Å²) in [6.07, 6.45) is 2.58. The maximum absolute atomic E-state index is 10.6. The van der Waals surface area contributed by atoms with Crippen molar-refractivity contribution in [3.63, 3.8) is 0 Å². The number of nitrogens with zero attached hydrogens (tertiary/aromatic N) is 2. The predicted octanol–water partition coefficient (Wildman–Crippen LogP) is 0.921. The van der Waals surface area contributed by atoms with Gasteiger partial charge in [-0.05, 0) is 0 Å². The fraction of sp³-hybridized carbons (Fsp3) is 0. The van der Waals surface area contributed by atoms with E-state index in [9.17, 15) is 4.79 Å². The SMILES string of the molecule is O=C(O)c1ncnc2ccoc12. The molecule has 0 saturated heterocycles. The van der Waals surface area contributed by atoms with Crippen LogP contribution in [0, 0.1) is 0 Å². The molecule has 2 rings (SSSR count). The summed E-state index contributed by atoms with van der Waals surface area (Å²) in [5.41, 5.74) is 0.609. The molecule has 1 N–H and O–H groups in total. The average Bonchev–Trinajstić information content (AvgIpc) is 2.49. The maximum Gasteiger partial charge on any atom is 0.358 e. The molecule has 2 aromatic rings. The van der Waals surface area contributed by atoms with Gasteiger partial charge in [-0.1, -0.05) is 0 Å². The van der Waals surface area contributed by atoms with Crippen molar-refractivity contribution < 1.29 is 14.3 Å². The first kappa shape index (κ1) is 6.78. The quantitative estimate of drug-likeness (QED) is 0.678. The third kappa shape index (κ3) is 0.833. The number of carboxylic acids is 1. The van der Waals surface area contributed by atoms with Crippen LogP contribution < -0.4 is 0 Å². The molecule has 0 bridgehead atoms. The van der Waals surface area contributed by atoms with Gasteiger partial charge >= 0.3 is 5.97 Å². The van der Waals surface area contributed by atoms with E-state index in [-0.39, 0.29) is 11.3 Å². The first-order valence-electron chi connectivity index (χ1n) is 3.20. The van der Waals surface area contributed by atoms with Crippen LogP contribution in [0.4, 0.5) is 0 Å². The summed E-state index contributed by atoms with van der Waals surface area (Å²) in [6, 6.07) is 1.59. The van der Waals surface area contributed by atoms with Crippen LogP contribution in [-0.4, -0.2) is 21.0 Å². The first-order valence-corrected chi connectivity index (χ1v) is 3.20. The summed E-state index contributed by atoms with van der Waals surface area (Å²) < 4.78 is 4.90. The minimum absolute atomic E-state index is 0.106. The Morgan fingerprint density at radius 1 is 1.50 bits per heavy atom. The van der Waals surface area contributed by atoms with Crippen LogP contribution in [0.25, 0.3) is 11.1 Å². The van der Waals surface area contributed by atoms with E-state index in [0.29, 0.717) is 5.52 Å². The molecule has 0 unspecified atom stereocenters. The summed E-state index contributed by atoms with van der Waals surface area (Å²) in [5.74, 6) is -1.11. The van der Waals surface area contributed by atoms with Crippen LogP contribution in [0.5, 0.6) is 0 Å². The zero-order chi connectivity index (χ0) is 8.55. The zero-order valence-corrected chi connectivity index (χ0v) is 5.89. The maximum atomic E-state index is 10.6. The topological polar surface area (TPSA) is 76.2 Å². The number of rotatable bonds is 1. The molecule has 12 heavy (non-hydrogen) atoms. The molecule has 0 saturated carbocycles. The fourth-order valence-electron chi connectivity index (χ4n) is 0.941. The second-order valence-corrected chi connectivity index (χ2v) is 2.16. The van der Waals surface area contributed by atoms with E-state index in [1.165, 1.54) is 12.6 Å². The smallest absolute Gasteiger partial charge is 0.358 e. The van der Waals surface area contributed by atoms with Crippen LogP contribution in [0.1, 0.15) is 10.5 Å². The third-order valence-electron chi connectivity index (χ3n) is 1.45. The lowest BCUT2D eigenvalue weighted by Crippen LogP contribution is -2.00. The van der Waals surface area contributed by atoms with E-state index in [2.05, 4.69) is 9.97 Å². The average molecular weight is 164 g/mol. The van der Waals surface area contributed by atoms with Crippen molar-refractivity contribution in [2.75, 3.05) is 0 Å². The molecule has 2 heterocycles. The lowest BCUT2D eigenvalue weighted by Gasteiger charge is -1.91. The number of aromatic carboxylic acids is 1. The van der Waals surface area contributed by atoms with Crippen molar-refractivity contribution in [1.82, 2.24) is 9.97 Å². The number of hydrogen-bond donors (Lipinski definition) is 1. The standard InChI is InChI=1S/C7H4N2O3/c10-7(11)5-6-4(1-2-12-6)8-3-9-5/h1-3H,(H,10,11). The highest BCUT2D eigenvalue weighted by Gasteiger charge is 2.12. The lowest BCUT2D eigenvalue weighted by atomic mass is 10.3.